The van der Waals surface area contributed by atoms with Crippen LogP contribution in [0.5, 0.6) is 0 Å². The summed E-state index contributed by atoms with van der Waals surface area (Å²) in [4.78, 5) is 4.04. The first kappa shape index (κ1) is 17.7. The van der Waals surface area contributed by atoms with E-state index >= 15 is 0 Å². The molecule has 22 heavy (non-hydrogen) atoms. The van der Waals surface area contributed by atoms with Crippen molar-refractivity contribution in [2.45, 2.75) is 51.7 Å². The van der Waals surface area contributed by atoms with Crippen LogP contribution in [0.3, 0.4) is 0 Å². The van der Waals surface area contributed by atoms with Crippen LogP contribution in [0, 0.1) is 0 Å². The fraction of sp³-hybridized carbons (Fsp3) is 0.444. The number of hydrogen-bond donors (Lipinski definition) is 1. The molecule has 0 bridgehead atoms. The maximum Gasteiger partial charge on any atom is 0.117 e. The van der Waals surface area contributed by atoms with Crippen molar-refractivity contribution in [3.05, 3.63) is 52.8 Å². The van der Waals surface area contributed by atoms with E-state index in [-0.39, 0.29) is 0 Å². The first-order valence-electron chi connectivity index (χ1n) is 8.33. The SMILES string of the molecule is C[Si](C)(C)NC(C1=C([Si](C)(C)C)C=CC1)c1ccccc1[SiH3]. The minimum absolute atomic E-state index is 0.414. The lowest BCUT2D eigenvalue weighted by Gasteiger charge is -2.32. The van der Waals surface area contributed by atoms with Gasteiger partial charge in [-0.05, 0) is 17.6 Å². The molecule has 0 aliphatic heterocycles. The largest absolute Gasteiger partial charge is 0.328 e. The third-order valence-corrected chi connectivity index (χ3v) is 8.37. The highest BCUT2D eigenvalue weighted by Gasteiger charge is 2.31. The number of nitrogens with one attached hydrogen (secondary N) is 1. The highest BCUT2D eigenvalue weighted by Crippen LogP contribution is 2.36. The van der Waals surface area contributed by atoms with Gasteiger partial charge < -0.3 is 4.98 Å². The molecule has 1 N–H and O–H groups in total. The predicted molar refractivity (Wildman–Crippen MR) is 109 cm³/mol. The molecule has 0 fully saturated rings. The van der Waals surface area contributed by atoms with E-state index in [0.717, 1.165) is 16.7 Å². The van der Waals surface area contributed by atoms with E-state index in [1.54, 1.807) is 10.8 Å². The molecule has 1 unspecified atom stereocenters. The minimum atomic E-state index is -1.36. The molecule has 0 aromatic heterocycles. The van der Waals surface area contributed by atoms with E-state index in [4.69, 9.17) is 0 Å². The van der Waals surface area contributed by atoms with E-state index in [0.29, 0.717) is 6.04 Å². The molecule has 1 aromatic rings. The molecule has 1 aromatic carbocycles. The molecule has 2 rings (SSSR count). The Kier molecular flexibility index (Phi) is 5.16. The Morgan fingerprint density at radius 2 is 1.68 bits per heavy atom. The molecule has 0 amide bonds. The predicted octanol–water partition coefficient (Wildman–Crippen LogP) is 3.28. The molecule has 0 heterocycles. The second-order valence-electron chi connectivity index (χ2n) is 8.48. The van der Waals surface area contributed by atoms with Crippen LogP contribution in [0.1, 0.15) is 18.0 Å². The molecule has 1 aliphatic rings. The highest BCUT2D eigenvalue weighted by atomic mass is 28.3. The summed E-state index contributed by atoms with van der Waals surface area (Å²) in [6, 6.07) is 9.44. The zero-order chi connectivity index (χ0) is 16.5. The summed E-state index contributed by atoms with van der Waals surface area (Å²) < 4.78 is 0. The molecule has 0 saturated carbocycles. The van der Waals surface area contributed by atoms with Gasteiger partial charge in [0.1, 0.15) is 8.24 Å². The Hall–Kier alpha value is -0.689. The molecule has 0 radical (unpaired) electrons. The molecule has 1 atom stereocenters. The van der Waals surface area contributed by atoms with Crippen molar-refractivity contribution >= 4 is 31.7 Å². The Balaban J connectivity index is 2.53. The zero-order valence-corrected chi connectivity index (χ0v) is 19.2. The van der Waals surface area contributed by atoms with Gasteiger partial charge in [-0.3, -0.25) is 0 Å². The lowest BCUT2D eigenvalue weighted by molar-refractivity contribution is 0.735. The van der Waals surface area contributed by atoms with E-state index in [2.05, 4.69) is 80.7 Å². The fourth-order valence-electron chi connectivity index (χ4n) is 3.22. The second kappa shape index (κ2) is 6.43. The topological polar surface area (TPSA) is 12.0 Å². The van der Waals surface area contributed by atoms with Crippen LogP contribution in [0.25, 0.3) is 0 Å². The first-order chi connectivity index (χ1) is 10.1. The molecule has 4 heteroatoms. The number of benzene rings is 1. The highest BCUT2D eigenvalue weighted by molar-refractivity contribution is 6.84. The van der Waals surface area contributed by atoms with Crippen LogP contribution >= 0.6 is 0 Å². The van der Waals surface area contributed by atoms with Gasteiger partial charge in [-0.15, -0.1) is 0 Å². The van der Waals surface area contributed by atoms with Gasteiger partial charge in [0.25, 0.3) is 0 Å². The summed E-state index contributed by atoms with van der Waals surface area (Å²) in [6.07, 6.45) is 5.91. The maximum absolute atomic E-state index is 4.04. The van der Waals surface area contributed by atoms with Gasteiger partial charge >= 0.3 is 0 Å². The summed E-state index contributed by atoms with van der Waals surface area (Å²) >= 11 is 0. The third kappa shape index (κ3) is 4.19. The van der Waals surface area contributed by atoms with Crippen molar-refractivity contribution in [2.24, 2.45) is 0 Å². The Bertz CT molecular complexity index is 603. The molecule has 0 spiro atoms. The van der Waals surface area contributed by atoms with Gasteiger partial charge in [-0.1, -0.05) is 86.1 Å². The van der Waals surface area contributed by atoms with E-state index in [9.17, 15) is 0 Å². The maximum atomic E-state index is 4.04. The number of allylic oxidation sites excluding steroid dienone is 3. The van der Waals surface area contributed by atoms with Crippen LogP contribution in [0.2, 0.25) is 39.3 Å². The monoisotopic (exact) mass is 345 g/mol. The molecular weight excluding hydrogens is 314 g/mol. The summed E-state index contributed by atoms with van der Waals surface area (Å²) in [7, 11) is -1.55. The van der Waals surface area contributed by atoms with Crippen molar-refractivity contribution in [1.82, 2.24) is 4.98 Å². The summed E-state index contributed by atoms with van der Waals surface area (Å²) in [5, 5.41) is 3.20. The van der Waals surface area contributed by atoms with Gasteiger partial charge in [0.2, 0.25) is 0 Å². The fourth-order valence-corrected chi connectivity index (χ4v) is 6.89. The Labute approximate surface area is 141 Å². The average molecular weight is 346 g/mol. The normalized spacial score (nSPS) is 17.4. The lowest BCUT2D eigenvalue weighted by Crippen LogP contribution is -2.46. The molecule has 120 valence electrons. The Morgan fingerprint density at radius 3 is 2.23 bits per heavy atom. The molecule has 1 nitrogen and oxygen atoms in total. The van der Waals surface area contributed by atoms with Gasteiger partial charge in [0.15, 0.2) is 0 Å². The van der Waals surface area contributed by atoms with Crippen molar-refractivity contribution < 1.29 is 0 Å². The molecule has 1 aliphatic carbocycles. The van der Waals surface area contributed by atoms with Crippen LogP contribution in [0.4, 0.5) is 0 Å². The number of hydrogen-bond acceptors (Lipinski definition) is 1. The van der Waals surface area contributed by atoms with Gasteiger partial charge in [0.05, 0.1) is 8.07 Å². The average Bonchev–Trinajstić information content (AvgIpc) is 2.84. The van der Waals surface area contributed by atoms with Crippen LogP contribution < -0.4 is 10.2 Å². The van der Waals surface area contributed by atoms with Crippen LogP contribution in [0.15, 0.2) is 47.2 Å². The van der Waals surface area contributed by atoms with Gasteiger partial charge in [-0.25, -0.2) is 0 Å². The summed E-state index contributed by atoms with van der Waals surface area (Å²) in [5.41, 5.74) is 3.16. The second-order valence-corrected chi connectivity index (χ2v) is 19.4. The smallest absolute Gasteiger partial charge is 0.117 e. The lowest BCUT2D eigenvalue weighted by atomic mass is 9.98. The van der Waals surface area contributed by atoms with Crippen molar-refractivity contribution in [3.63, 3.8) is 0 Å². The van der Waals surface area contributed by atoms with E-state index in [1.165, 1.54) is 10.8 Å². The van der Waals surface area contributed by atoms with Crippen molar-refractivity contribution in [1.29, 1.82) is 0 Å². The molecule has 0 saturated heterocycles. The summed E-state index contributed by atoms with van der Waals surface area (Å²) in [5.74, 6) is 0. The van der Waals surface area contributed by atoms with Gasteiger partial charge in [0, 0.05) is 16.3 Å². The standard InChI is InChI=1S/C18H31NSi3/c1-21(2,3)17-13-9-11-15(17)18(19-22(4,5)6)14-10-7-8-12-16(14)20/h7-10,12-13,18-19H,11H2,1-6,20H3. The van der Waals surface area contributed by atoms with Crippen LogP contribution in [-0.4, -0.2) is 26.6 Å². The zero-order valence-electron chi connectivity index (χ0n) is 15.2. The Morgan fingerprint density at radius 1 is 1.05 bits per heavy atom. The van der Waals surface area contributed by atoms with Crippen LogP contribution in [-0.2, 0) is 0 Å². The van der Waals surface area contributed by atoms with Crippen molar-refractivity contribution in [2.75, 3.05) is 0 Å². The number of rotatable bonds is 5. The summed E-state index contributed by atoms with van der Waals surface area (Å²) in [6.45, 7) is 14.6. The van der Waals surface area contributed by atoms with E-state index < -0.39 is 16.3 Å². The van der Waals surface area contributed by atoms with E-state index in [1.807, 2.05) is 0 Å². The third-order valence-electron chi connectivity index (χ3n) is 4.20. The van der Waals surface area contributed by atoms with Crippen molar-refractivity contribution in [3.8, 4) is 0 Å². The minimum Gasteiger partial charge on any atom is -0.328 e. The molecular formula is C18H31NSi3. The quantitative estimate of drug-likeness (QED) is 0.808. The van der Waals surface area contributed by atoms with Gasteiger partial charge in [-0.2, -0.15) is 0 Å². The first-order valence-corrected chi connectivity index (χ1v) is 16.3.